The van der Waals surface area contributed by atoms with Crippen LogP contribution in [0.5, 0.6) is 11.5 Å². The maximum absolute atomic E-state index is 12.8. The molecular weight excluding hydrogens is 302 g/mol. The number of methoxy groups -OCH3 is 2. The largest absolute Gasteiger partial charge is 0.493 e. The van der Waals surface area contributed by atoms with Gasteiger partial charge in [0.05, 0.1) is 14.2 Å². The van der Waals surface area contributed by atoms with Crippen molar-refractivity contribution < 1.29 is 14.3 Å². The molecule has 126 valence electrons. The lowest BCUT2D eigenvalue weighted by atomic mass is 9.97. The van der Waals surface area contributed by atoms with Gasteiger partial charge in [0.1, 0.15) is 0 Å². The molecule has 4 nitrogen and oxygen atoms in total. The molecule has 0 fully saturated rings. The summed E-state index contributed by atoms with van der Waals surface area (Å²) in [6.45, 7) is 5.41. The van der Waals surface area contributed by atoms with Crippen LogP contribution in [0.4, 0.5) is 0 Å². The van der Waals surface area contributed by atoms with Crippen LogP contribution in [0.2, 0.25) is 0 Å². The zero-order chi connectivity index (χ0) is 17.3. The number of hydrogen-bond acceptors (Lipinski definition) is 3. The van der Waals surface area contributed by atoms with Gasteiger partial charge in [0.25, 0.3) is 5.91 Å². The van der Waals surface area contributed by atoms with E-state index in [1.165, 1.54) is 11.1 Å². The molecule has 0 radical (unpaired) electrons. The number of rotatable bonds is 3. The summed E-state index contributed by atoms with van der Waals surface area (Å²) in [6.07, 6.45) is 0.826. The number of amides is 1. The van der Waals surface area contributed by atoms with Crippen molar-refractivity contribution in [2.24, 2.45) is 0 Å². The summed E-state index contributed by atoms with van der Waals surface area (Å²) in [4.78, 5) is 14.7. The van der Waals surface area contributed by atoms with Crippen LogP contribution in [-0.4, -0.2) is 31.6 Å². The number of carbonyl (C=O) groups is 1. The molecule has 0 bridgehead atoms. The van der Waals surface area contributed by atoms with E-state index >= 15 is 0 Å². The van der Waals surface area contributed by atoms with Crippen LogP contribution in [0.15, 0.2) is 30.3 Å². The van der Waals surface area contributed by atoms with Crippen LogP contribution in [0, 0.1) is 13.8 Å². The van der Waals surface area contributed by atoms with Crippen LogP contribution < -0.4 is 9.47 Å². The maximum atomic E-state index is 12.8. The number of aryl methyl sites for hydroxylation is 2. The van der Waals surface area contributed by atoms with Gasteiger partial charge in [-0.15, -0.1) is 0 Å². The van der Waals surface area contributed by atoms with Crippen LogP contribution in [0.25, 0.3) is 0 Å². The van der Waals surface area contributed by atoms with E-state index in [2.05, 4.69) is 6.92 Å². The van der Waals surface area contributed by atoms with Crippen molar-refractivity contribution in [2.75, 3.05) is 20.8 Å². The third-order valence-corrected chi connectivity index (χ3v) is 4.76. The lowest BCUT2D eigenvalue weighted by molar-refractivity contribution is 0.0734. The van der Waals surface area contributed by atoms with E-state index in [1.807, 2.05) is 42.2 Å². The van der Waals surface area contributed by atoms with E-state index in [0.717, 1.165) is 28.9 Å². The number of fused-ring (bicyclic) bond motifs is 1. The Labute approximate surface area is 143 Å². The molecule has 0 unspecified atom stereocenters. The van der Waals surface area contributed by atoms with Crippen molar-refractivity contribution in [2.45, 2.75) is 26.8 Å². The van der Waals surface area contributed by atoms with Gasteiger partial charge in [-0.05, 0) is 66.8 Å². The van der Waals surface area contributed by atoms with Crippen molar-refractivity contribution in [3.05, 3.63) is 58.1 Å². The van der Waals surface area contributed by atoms with E-state index in [0.29, 0.717) is 18.8 Å². The molecule has 0 saturated heterocycles. The van der Waals surface area contributed by atoms with Crippen LogP contribution in [0.1, 0.15) is 32.6 Å². The van der Waals surface area contributed by atoms with Gasteiger partial charge in [0.2, 0.25) is 0 Å². The molecule has 2 aromatic rings. The SMILES string of the molecule is COc1cc2c(cc1OC)CN(C(=O)c1ccc(C)c(C)c1)CC2. The van der Waals surface area contributed by atoms with Crippen molar-refractivity contribution in [3.63, 3.8) is 0 Å². The van der Waals surface area contributed by atoms with Gasteiger partial charge in [0, 0.05) is 18.7 Å². The fourth-order valence-electron chi connectivity index (χ4n) is 3.11. The second-order valence-corrected chi connectivity index (χ2v) is 6.25. The second-order valence-electron chi connectivity index (χ2n) is 6.25. The first-order valence-corrected chi connectivity index (χ1v) is 8.13. The van der Waals surface area contributed by atoms with Crippen molar-refractivity contribution in [3.8, 4) is 11.5 Å². The fraction of sp³-hybridized carbons (Fsp3) is 0.350. The Morgan fingerprint density at radius 3 is 2.25 bits per heavy atom. The first-order chi connectivity index (χ1) is 11.5. The average Bonchev–Trinajstić information content (AvgIpc) is 2.61. The highest BCUT2D eigenvalue weighted by atomic mass is 16.5. The lowest BCUT2D eigenvalue weighted by Gasteiger charge is -2.30. The molecule has 24 heavy (non-hydrogen) atoms. The molecule has 0 aliphatic carbocycles. The highest BCUT2D eigenvalue weighted by molar-refractivity contribution is 5.94. The number of carbonyl (C=O) groups excluding carboxylic acids is 1. The quantitative estimate of drug-likeness (QED) is 0.867. The van der Waals surface area contributed by atoms with E-state index in [9.17, 15) is 4.79 Å². The summed E-state index contributed by atoms with van der Waals surface area (Å²) in [6, 6.07) is 9.89. The molecule has 1 aliphatic heterocycles. The molecule has 0 spiro atoms. The topological polar surface area (TPSA) is 38.8 Å². The Hall–Kier alpha value is -2.49. The molecule has 0 N–H and O–H groups in total. The standard InChI is InChI=1S/C20H23NO3/c1-13-5-6-16(9-14(13)2)20(22)21-8-7-15-10-18(23-3)19(24-4)11-17(15)12-21/h5-6,9-11H,7-8,12H2,1-4H3. The van der Waals surface area contributed by atoms with E-state index < -0.39 is 0 Å². The van der Waals surface area contributed by atoms with Crippen molar-refractivity contribution >= 4 is 5.91 Å². The second kappa shape index (κ2) is 6.56. The first-order valence-electron chi connectivity index (χ1n) is 8.13. The predicted octanol–water partition coefficient (Wildman–Crippen LogP) is 3.52. The molecule has 0 atom stereocenters. The minimum absolute atomic E-state index is 0.0820. The summed E-state index contributed by atoms with van der Waals surface area (Å²) in [5.41, 5.74) is 5.44. The minimum Gasteiger partial charge on any atom is -0.493 e. The lowest BCUT2D eigenvalue weighted by Crippen LogP contribution is -2.36. The van der Waals surface area contributed by atoms with Gasteiger partial charge in [-0.1, -0.05) is 6.07 Å². The molecule has 0 aromatic heterocycles. The van der Waals surface area contributed by atoms with Gasteiger partial charge < -0.3 is 14.4 Å². The maximum Gasteiger partial charge on any atom is 0.254 e. The molecule has 2 aromatic carbocycles. The van der Waals surface area contributed by atoms with Gasteiger partial charge in [-0.25, -0.2) is 0 Å². The Bertz CT molecular complexity index is 783. The predicted molar refractivity (Wildman–Crippen MR) is 93.9 cm³/mol. The molecule has 0 saturated carbocycles. The minimum atomic E-state index is 0.0820. The van der Waals surface area contributed by atoms with Crippen LogP contribution in [0.3, 0.4) is 0 Å². The van der Waals surface area contributed by atoms with Gasteiger partial charge in [-0.2, -0.15) is 0 Å². The first kappa shape index (κ1) is 16.4. The third-order valence-electron chi connectivity index (χ3n) is 4.76. The Morgan fingerprint density at radius 1 is 0.958 bits per heavy atom. The fourth-order valence-corrected chi connectivity index (χ4v) is 3.11. The summed E-state index contributed by atoms with van der Waals surface area (Å²) in [7, 11) is 3.27. The number of ether oxygens (including phenoxy) is 2. The van der Waals surface area contributed by atoms with Crippen LogP contribution >= 0.6 is 0 Å². The summed E-state index contributed by atoms with van der Waals surface area (Å²) >= 11 is 0. The highest BCUT2D eigenvalue weighted by Crippen LogP contribution is 2.33. The summed E-state index contributed by atoms with van der Waals surface area (Å²) in [5, 5.41) is 0. The number of hydrogen-bond donors (Lipinski definition) is 0. The third kappa shape index (κ3) is 2.96. The van der Waals surface area contributed by atoms with E-state index in [-0.39, 0.29) is 5.91 Å². The van der Waals surface area contributed by atoms with Gasteiger partial charge in [0.15, 0.2) is 11.5 Å². The average molecular weight is 325 g/mol. The zero-order valence-electron chi connectivity index (χ0n) is 14.7. The molecule has 1 heterocycles. The zero-order valence-corrected chi connectivity index (χ0v) is 14.7. The molecule has 1 amide bonds. The normalized spacial score (nSPS) is 13.4. The highest BCUT2D eigenvalue weighted by Gasteiger charge is 2.23. The van der Waals surface area contributed by atoms with Crippen molar-refractivity contribution in [1.29, 1.82) is 0 Å². The Kier molecular flexibility index (Phi) is 4.47. The van der Waals surface area contributed by atoms with Gasteiger partial charge in [-0.3, -0.25) is 4.79 Å². The molecular formula is C20H23NO3. The van der Waals surface area contributed by atoms with E-state index in [4.69, 9.17) is 9.47 Å². The monoisotopic (exact) mass is 325 g/mol. The summed E-state index contributed by atoms with van der Waals surface area (Å²) in [5.74, 6) is 1.53. The number of nitrogens with zero attached hydrogens (tertiary/aromatic N) is 1. The Morgan fingerprint density at radius 2 is 1.62 bits per heavy atom. The van der Waals surface area contributed by atoms with Crippen molar-refractivity contribution in [1.82, 2.24) is 4.90 Å². The molecule has 4 heteroatoms. The van der Waals surface area contributed by atoms with Crippen LogP contribution in [-0.2, 0) is 13.0 Å². The Balaban J connectivity index is 1.86. The molecule has 1 aliphatic rings. The summed E-state index contributed by atoms with van der Waals surface area (Å²) < 4.78 is 10.7. The van der Waals surface area contributed by atoms with Gasteiger partial charge >= 0.3 is 0 Å². The number of benzene rings is 2. The molecule has 3 rings (SSSR count). The smallest absolute Gasteiger partial charge is 0.254 e. The van der Waals surface area contributed by atoms with E-state index in [1.54, 1.807) is 14.2 Å².